The van der Waals surface area contributed by atoms with Crippen LogP contribution in [0.3, 0.4) is 0 Å². The molecule has 1 fully saturated rings. The number of ether oxygens (including phenoxy) is 1. The number of halogens is 3. The van der Waals surface area contributed by atoms with Crippen molar-refractivity contribution in [3.63, 3.8) is 0 Å². The van der Waals surface area contributed by atoms with E-state index in [0.29, 0.717) is 16.9 Å². The third-order valence-corrected chi connectivity index (χ3v) is 3.71. The van der Waals surface area contributed by atoms with Gasteiger partial charge in [-0.25, -0.2) is 0 Å². The van der Waals surface area contributed by atoms with Gasteiger partial charge in [0.25, 0.3) is 0 Å². The van der Waals surface area contributed by atoms with Crippen molar-refractivity contribution in [2.24, 2.45) is 5.92 Å². The first-order valence-corrected chi connectivity index (χ1v) is 6.40. The van der Waals surface area contributed by atoms with Crippen LogP contribution in [-0.4, -0.2) is 19.7 Å². The summed E-state index contributed by atoms with van der Waals surface area (Å²) in [7, 11) is 0. The highest BCUT2D eigenvalue weighted by Crippen LogP contribution is 2.36. The van der Waals surface area contributed by atoms with Gasteiger partial charge in [0.15, 0.2) is 0 Å². The fourth-order valence-corrected chi connectivity index (χ4v) is 2.77. The third kappa shape index (κ3) is 3.12. The zero-order chi connectivity index (χ0) is 13.1. The molecule has 5 heteroatoms. The SMILES string of the molecule is CC1CNCCC1c1ccc(OC(F)F)cc1Cl. The Kier molecular flexibility index (Phi) is 4.40. The summed E-state index contributed by atoms with van der Waals surface area (Å²) in [4.78, 5) is 0. The van der Waals surface area contributed by atoms with E-state index < -0.39 is 6.61 Å². The first-order valence-electron chi connectivity index (χ1n) is 6.03. The van der Waals surface area contributed by atoms with E-state index in [0.717, 1.165) is 25.1 Å². The molecule has 100 valence electrons. The molecular formula is C13H16ClF2NO. The number of rotatable bonds is 3. The zero-order valence-corrected chi connectivity index (χ0v) is 10.9. The monoisotopic (exact) mass is 275 g/mol. The molecule has 0 amide bonds. The van der Waals surface area contributed by atoms with Gasteiger partial charge in [-0.3, -0.25) is 0 Å². The van der Waals surface area contributed by atoms with Crippen LogP contribution in [0, 0.1) is 5.92 Å². The summed E-state index contributed by atoms with van der Waals surface area (Å²) in [5, 5.41) is 3.83. The Labute approximate surface area is 110 Å². The molecule has 1 aliphatic rings. The number of benzene rings is 1. The fourth-order valence-electron chi connectivity index (χ4n) is 2.46. The van der Waals surface area contributed by atoms with Gasteiger partial charge < -0.3 is 10.1 Å². The molecule has 2 atom stereocenters. The van der Waals surface area contributed by atoms with Crippen molar-refractivity contribution >= 4 is 11.6 Å². The van der Waals surface area contributed by atoms with Crippen LogP contribution in [0.5, 0.6) is 5.75 Å². The van der Waals surface area contributed by atoms with E-state index in [1.54, 1.807) is 12.1 Å². The first-order chi connectivity index (χ1) is 8.58. The molecule has 0 bridgehead atoms. The molecule has 2 rings (SSSR count). The number of hydrogen-bond acceptors (Lipinski definition) is 2. The number of nitrogens with one attached hydrogen (secondary N) is 1. The average Bonchev–Trinajstić information content (AvgIpc) is 2.30. The molecule has 2 unspecified atom stereocenters. The van der Waals surface area contributed by atoms with Crippen molar-refractivity contribution in [2.45, 2.75) is 25.9 Å². The average molecular weight is 276 g/mol. The fraction of sp³-hybridized carbons (Fsp3) is 0.538. The molecule has 2 nitrogen and oxygen atoms in total. The number of alkyl halides is 2. The second kappa shape index (κ2) is 5.85. The number of piperidine rings is 1. The van der Waals surface area contributed by atoms with Crippen molar-refractivity contribution in [1.82, 2.24) is 5.32 Å². The van der Waals surface area contributed by atoms with Gasteiger partial charge in [0, 0.05) is 5.02 Å². The predicted octanol–water partition coefficient (Wildman–Crippen LogP) is 3.65. The van der Waals surface area contributed by atoms with Crippen molar-refractivity contribution in [3.05, 3.63) is 28.8 Å². The Hall–Kier alpha value is -0.870. The minimum Gasteiger partial charge on any atom is -0.435 e. The van der Waals surface area contributed by atoms with Crippen LogP contribution >= 0.6 is 11.6 Å². The van der Waals surface area contributed by atoms with E-state index in [1.807, 2.05) is 0 Å². The lowest BCUT2D eigenvalue weighted by atomic mass is 9.82. The smallest absolute Gasteiger partial charge is 0.387 e. The van der Waals surface area contributed by atoms with Crippen LogP contribution in [0.2, 0.25) is 5.02 Å². The molecule has 0 aliphatic carbocycles. The van der Waals surface area contributed by atoms with Crippen LogP contribution in [0.4, 0.5) is 8.78 Å². The van der Waals surface area contributed by atoms with Crippen LogP contribution in [-0.2, 0) is 0 Å². The molecule has 1 N–H and O–H groups in total. The summed E-state index contributed by atoms with van der Waals surface area (Å²) >= 11 is 6.17. The summed E-state index contributed by atoms with van der Waals surface area (Å²) in [5.74, 6) is 0.970. The molecule has 1 aliphatic heterocycles. The van der Waals surface area contributed by atoms with E-state index in [-0.39, 0.29) is 5.75 Å². The molecule has 0 spiro atoms. The second-order valence-electron chi connectivity index (χ2n) is 4.64. The molecule has 1 aromatic rings. The summed E-state index contributed by atoms with van der Waals surface area (Å²) in [6.07, 6.45) is 1.01. The minimum absolute atomic E-state index is 0.111. The molecule has 0 radical (unpaired) electrons. The van der Waals surface area contributed by atoms with Gasteiger partial charge >= 0.3 is 6.61 Å². The van der Waals surface area contributed by atoms with Crippen LogP contribution < -0.4 is 10.1 Å². The summed E-state index contributed by atoms with van der Waals surface area (Å²) in [5.41, 5.74) is 1.02. The Bertz CT molecular complexity index is 414. The van der Waals surface area contributed by atoms with Gasteiger partial charge in [-0.15, -0.1) is 0 Å². The van der Waals surface area contributed by atoms with Crippen molar-refractivity contribution < 1.29 is 13.5 Å². The van der Waals surface area contributed by atoms with Gasteiger partial charge in [-0.05, 0) is 49.0 Å². The maximum absolute atomic E-state index is 12.1. The van der Waals surface area contributed by atoms with E-state index in [9.17, 15) is 8.78 Å². The Balaban J connectivity index is 2.18. The molecular weight excluding hydrogens is 260 g/mol. The maximum atomic E-state index is 12.1. The van der Waals surface area contributed by atoms with E-state index >= 15 is 0 Å². The third-order valence-electron chi connectivity index (χ3n) is 3.38. The number of hydrogen-bond donors (Lipinski definition) is 1. The van der Waals surface area contributed by atoms with Crippen molar-refractivity contribution in [2.75, 3.05) is 13.1 Å². The highest BCUT2D eigenvalue weighted by molar-refractivity contribution is 6.31. The Morgan fingerprint density at radius 3 is 2.83 bits per heavy atom. The lowest BCUT2D eigenvalue weighted by Gasteiger charge is -2.30. The molecule has 18 heavy (non-hydrogen) atoms. The van der Waals surface area contributed by atoms with Crippen LogP contribution in [0.1, 0.15) is 24.8 Å². The normalized spacial score (nSPS) is 24.3. The highest BCUT2D eigenvalue weighted by atomic mass is 35.5. The van der Waals surface area contributed by atoms with E-state index in [4.69, 9.17) is 11.6 Å². The van der Waals surface area contributed by atoms with Gasteiger partial charge in [0.2, 0.25) is 0 Å². The van der Waals surface area contributed by atoms with Crippen LogP contribution in [0.15, 0.2) is 18.2 Å². The lowest BCUT2D eigenvalue weighted by molar-refractivity contribution is -0.0498. The summed E-state index contributed by atoms with van der Waals surface area (Å²) in [6.45, 7) is 1.26. The molecule has 1 heterocycles. The van der Waals surface area contributed by atoms with Gasteiger partial charge in [0.1, 0.15) is 5.75 Å². The highest BCUT2D eigenvalue weighted by Gasteiger charge is 2.24. The molecule has 1 aromatic carbocycles. The standard InChI is InChI=1S/C13H16ClF2NO/c1-8-7-17-5-4-10(8)11-3-2-9(6-12(11)14)18-13(15)16/h2-3,6,8,10,13,17H,4-5,7H2,1H3. The molecule has 1 saturated heterocycles. The quantitative estimate of drug-likeness (QED) is 0.909. The summed E-state index contributed by atoms with van der Waals surface area (Å²) < 4.78 is 28.5. The summed E-state index contributed by atoms with van der Waals surface area (Å²) in [6, 6.07) is 4.83. The van der Waals surface area contributed by atoms with Crippen molar-refractivity contribution in [1.29, 1.82) is 0 Å². The topological polar surface area (TPSA) is 21.3 Å². The zero-order valence-electron chi connectivity index (χ0n) is 10.1. The Morgan fingerprint density at radius 2 is 2.22 bits per heavy atom. The van der Waals surface area contributed by atoms with Gasteiger partial charge in [-0.1, -0.05) is 24.6 Å². The van der Waals surface area contributed by atoms with Gasteiger partial charge in [0.05, 0.1) is 0 Å². The first kappa shape index (κ1) is 13.6. The second-order valence-corrected chi connectivity index (χ2v) is 5.05. The van der Waals surface area contributed by atoms with E-state index in [2.05, 4.69) is 17.0 Å². The van der Waals surface area contributed by atoms with Gasteiger partial charge in [-0.2, -0.15) is 8.78 Å². The largest absolute Gasteiger partial charge is 0.435 e. The lowest BCUT2D eigenvalue weighted by Crippen LogP contribution is -2.33. The van der Waals surface area contributed by atoms with Crippen molar-refractivity contribution in [3.8, 4) is 5.75 Å². The minimum atomic E-state index is -2.82. The predicted molar refractivity (Wildman–Crippen MR) is 67.5 cm³/mol. The Morgan fingerprint density at radius 1 is 1.44 bits per heavy atom. The molecule has 0 aromatic heterocycles. The molecule has 0 saturated carbocycles. The maximum Gasteiger partial charge on any atom is 0.387 e. The van der Waals surface area contributed by atoms with Crippen LogP contribution in [0.25, 0.3) is 0 Å². The van der Waals surface area contributed by atoms with E-state index in [1.165, 1.54) is 6.07 Å².